The van der Waals surface area contributed by atoms with Gasteiger partial charge in [-0.05, 0) is 37.0 Å². The van der Waals surface area contributed by atoms with Gasteiger partial charge in [-0.3, -0.25) is 4.79 Å². The summed E-state index contributed by atoms with van der Waals surface area (Å²) < 4.78 is 0. The minimum atomic E-state index is -0.958. The Morgan fingerprint density at radius 3 is 2.39 bits per heavy atom. The molecule has 0 radical (unpaired) electrons. The lowest BCUT2D eigenvalue weighted by molar-refractivity contribution is -0.126. The Balaban J connectivity index is 2.47. The van der Waals surface area contributed by atoms with E-state index in [-0.39, 0.29) is 17.9 Å². The van der Waals surface area contributed by atoms with E-state index < -0.39 is 11.6 Å². The van der Waals surface area contributed by atoms with Gasteiger partial charge in [0.15, 0.2) is 0 Å². The van der Waals surface area contributed by atoms with Gasteiger partial charge in [-0.15, -0.1) is 0 Å². The van der Waals surface area contributed by atoms with Crippen molar-refractivity contribution in [2.45, 2.75) is 58.0 Å². The minimum absolute atomic E-state index is 0.115. The molecule has 1 aromatic carbocycles. The molecule has 0 saturated heterocycles. The number of rotatable bonds is 10. The predicted molar refractivity (Wildman–Crippen MR) is 89.5 cm³/mol. The van der Waals surface area contributed by atoms with Crippen molar-refractivity contribution in [1.29, 1.82) is 0 Å². The van der Waals surface area contributed by atoms with E-state index in [1.165, 1.54) is 0 Å². The van der Waals surface area contributed by atoms with E-state index in [1.54, 1.807) is 18.2 Å². The van der Waals surface area contributed by atoms with Gasteiger partial charge in [-0.1, -0.05) is 38.8 Å². The second kappa shape index (κ2) is 9.30. The lowest BCUT2D eigenvalue weighted by Crippen LogP contribution is -2.37. The van der Waals surface area contributed by atoms with E-state index in [1.807, 2.05) is 19.9 Å². The summed E-state index contributed by atoms with van der Waals surface area (Å²) in [5, 5.41) is 22.2. The average molecular weight is 321 g/mol. The fourth-order valence-electron chi connectivity index (χ4n) is 2.80. The van der Waals surface area contributed by atoms with Crippen LogP contribution < -0.4 is 5.32 Å². The van der Waals surface area contributed by atoms with E-state index in [4.69, 9.17) is 5.11 Å². The fraction of sp³-hybridized carbons (Fsp3) is 0.556. The number of hydrogen-bond donors (Lipinski definition) is 3. The molecule has 0 atom stereocenters. The molecule has 0 aliphatic rings. The van der Waals surface area contributed by atoms with Crippen LogP contribution in [-0.4, -0.2) is 34.2 Å². The SMILES string of the molecule is CCCC(O)(CCC)CC(=O)NCCc1cccc(C(=O)O)c1. The summed E-state index contributed by atoms with van der Waals surface area (Å²) in [6.07, 6.45) is 3.60. The number of aliphatic hydroxyl groups is 1. The van der Waals surface area contributed by atoms with Gasteiger partial charge in [-0.2, -0.15) is 0 Å². The van der Waals surface area contributed by atoms with Crippen LogP contribution in [0.1, 0.15) is 61.9 Å². The number of amides is 1. The number of carbonyl (C=O) groups is 2. The van der Waals surface area contributed by atoms with Gasteiger partial charge in [-0.25, -0.2) is 4.79 Å². The highest BCUT2D eigenvalue weighted by Crippen LogP contribution is 2.23. The van der Waals surface area contributed by atoms with Crippen molar-refractivity contribution in [1.82, 2.24) is 5.32 Å². The molecule has 1 rings (SSSR count). The van der Waals surface area contributed by atoms with Crippen molar-refractivity contribution in [3.05, 3.63) is 35.4 Å². The third kappa shape index (κ3) is 6.82. The molecule has 0 aromatic heterocycles. The molecule has 5 heteroatoms. The Hall–Kier alpha value is -1.88. The molecule has 1 amide bonds. The van der Waals surface area contributed by atoms with Gasteiger partial charge >= 0.3 is 5.97 Å². The van der Waals surface area contributed by atoms with Gasteiger partial charge in [0.1, 0.15) is 0 Å². The molecule has 0 bridgehead atoms. The summed E-state index contributed by atoms with van der Waals surface area (Å²) in [5.41, 5.74) is 0.188. The summed E-state index contributed by atoms with van der Waals surface area (Å²) >= 11 is 0. The normalized spacial score (nSPS) is 11.3. The molecule has 0 saturated carbocycles. The quantitative estimate of drug-likeness (QED) is 0.618. The third-order valence-corrected chi connectivity index (χ3v) is 3.83. The van der Waals surface area contributed by atoms with Crippen LogP contribution in [0.15, 0.2) is 24.3 Å². The van der Waals surface area contributed by atoms with Crippen LogP contribution >= 0.6 is 0 Å². The maximum Gasteiger partial charge on any atom is 0.335 e. The Kier molecular flexibility index (Phi) is 7.75. The van der Waals surface area contributed by atoms with Gasteiger partial charge < -0.3 is 15.5 Å². The number of benzene rings is 1. The molecule has 0 unspecified atom stereocenters. The molecular weight excluding hydrogens is 294 g/mol. The Bertz CT molecular complexity index is 522. The highest BCUT2D eigenvalue weighted by Gasteiger charge is 2.27. The smallest absolute Gasteiger partial charge is 0.335 e. The Labute approximate surface area is 137 Å². The first-order valence-corrected chi connectivity index (χ1v) is 8.21. The molecule has 0 fully saturated rings. The van der Waals surface area contributed by atoms with Crippen molar-refractivity contribution >= 4 is 11.9 Å². The number of carbonyl (C=O) groups excluding carboxylic acids is 1. The predicted octanol–water partition coefficient (Wildman–Crippen LogP) is 2.76. The van der Waals surface area contributed by atoms with Gasteiger partial charge in [0.25, 0.3) is 0 Å². The van der Waals surface area contributed by atoms with Crippen LogP contribution in [0.5, 0.6) is 0 Å². The van der Waals surface area contributed by atoms with Crippen LogP contribution in [0, 0.1) is 0 Å². The van der Waals surface area contributed by atoms with Crippen LogP contribution in [0.25, 0.3) is 0 Å². The molecule has 1 aromatic rings. The van der Waals surface area contributed by atoms with Crippen molar-refractivity contribution in [3.8, 4) is 0 Å². The topological polar surface area (TPSA) is 86.6 Å². The maximum absolute atomic E-state index is 12.0. The average Bonchev–Trinajstić information content (AvgIpc) is 2.47. The van der Waals surface area contributed by atoms with Crippen molar-refractivity contribution in [2.75, 3.05) is 6.54 Å². The van der Waals surface area contributed by atoms with Crippen LogP contribution in [0.3, 0.4) is 0 Å². The van der Waals surface area contributed by atoms with Crippen LogP contribution in [0.2, 0.25) is 0 Å². The van der Waals surface area contributed by atoms with Crippen LogP contribution in [0.4, 0.5) is 0 Å². The third-order valence-electron chi connectivity index (χ3n) is 3.83. The van der Waals surface area contributed by atoms with Crippen LogP contribution in [-0.2, 0) is 11.2 Å². The highest BCUT2D eigenvalue weighted by molar-refractivity contribution is 5.87. The zero-order valence-corrected chi connectivity index (χ0v) is 14.0. The minimum Gasteiger partial charge on any atom is -0.478 e. The van der Waals surface area contributed by atoms with E-state index in [2.05, 4.69) is 5.32 Å². The largest absolute Gasteiger partial charge is 0.478 e. The molecule has 0 spiro atoms. The zero-order chi connectivity index (χ0) is 17.3. The Morgan fingerprint density at radius 2 is 1.83 bits per heavy atom. The van der Waals surface area contributed by atoms with Gasteiger partial charge in [0, 0.05) is 6.54 Å². The van der Waals surface area contributed by atoms with E-state index in [0.29, 0.717) is 25.8 Å². The summed E-state index contributed by atoms with van der Waals surface area (Å²) in [6.45, 7) is 4.41. The molecule has 23 heavy (non-hydrogen) atoms. The Morgan fingerprint density at radius 1 is 1.17 bits per heavy atom. The van der Waals surface area contributed by atoms with E-state index in [9.17, 15) is 14.7 Å². The number of nitrogens with one attached hydrogen (secondary N) is 1. The van der Waals surface area contributed by atoms with Crippen molar-refractivity contribution < 1.29 is 19.8 Å². The van der Waals surface area contributed by atoms with Crippen molar-refractivity contribution in [3.63, 3.8) is 0 Å². The first kappa shape index (κ1) is 19.2. The fourth-order valence-corrected chi connectivity index (χ4v) is 2.80. The number of carboxylic acid groups (broad SMARTS) is 1. The molecular formula is C18H27NO4. The summed E-state index contributed by atoms with van der Waals surface area (Å²) in [6, 6.07) is 6.68. The number of carboxylic acids is 1. The highest BCUT2D eigenvalue weighted by atomic mass is 16.4. The summed E-state index contributed by atoms with van der Waals surface area (Å²) in [4.78, 5) is 22.9. The molecule has 0 heterocycles. The van der Waals surface area contributed by atoms with E-state index >= 15 is 0 Å². The molecule has 0 aliphatic heterocycles. The summed E-state index contributed by atoms with van der Waals surface area (Å²) in [5.74, 6) is -1.12. The standard InChI is InChI=1S/C18H27NO4/c1-3-9-18(23,10-4-2)13-16(20)19-11-8-14-6-5-7-15(12-14)17(21)22/h5-7,12,23H,3-4,8-11,13H2,1-2H3,(H,19,20)(H,21,22). The molecule has 5 nitrogen and oxygen atoms in total. The number of aromatic carboxylic acids is 1. The second-order valence-corrected chi connectivity index (χ2v) is 6.01. The lowest BCUT2D eigenvalue weighted by atomic mass is 9.89. The van der Waals surface area contributed by atoms with Crippen molar-refractivity contribution in [2.24, 2.45) is 0 Å². The first-order valence-electron chi connectivity index (χ1n) is 8.21. The summed E-state index contributed by atoms with van der Waals surface area (Å²) in [7, 11) is 0. The number of hydrogen-bond acceptors (Lipinski definition) is 3. The maximum atomic E-state index is 12.0. The molecule has 0 aliphatic carbocycles. The van der Waals surface area contributed by atoms with E-state index in [0.717, 1.165) is 18.4 Å². The van der Waals surface area contributed by atoms with Gasteiger partial charge in [0.2, 0.25) is 5.91 Å². The van der Waals surface area contributed by atoms with Gasteiger partial charge in [0.05, 0.1) is 17.6 Å². The second-order valence-electron chi connectivity index (χ2n) is 6.01. The molecule has 3 N–H and O–H groups in total. The zero-order valence-electron chi connectivity index (χ0n) is 14.0. The first-order chi connectivity index (χ1) is 10.9. The molecule has 128 valence electrons. The monoisotopic (exact) mass is 321 g/mol. The lowest BCUT2D eigenvalue weighted by Gasteiger charge is -2.26.